The van der Waals surface area contributed by atoms with E-state index in [1.54, 1.807) is 0 Å². The maximum Gasteiger partial charge on any atom is 0.388 e. The lowest BCUT2D eigenvalue weighted by molar-refractivity contribution is -0.177. The van der Waals surface area contributed by atoms with Crippen LogP contribution in [0.5, 0.6) is 5.88 Å². The van der Waals surface area contributed by atoms with Crippen molar-refractivity contribution in [2.24, 2.45) is 0 Å². The normalized spacial score (nSPS) is 18.8. The van der Waals surface area contributed by atoms with Gasteiger partial charge in [0, 0.05) is 13.0 Å². The van der Waals surface area contributed by atoms with Crippen LogP contribution in [-0.2, 0) is 23.9 Å². The van der Waals surface area contributed by atoms with Crippen LogP contribution in [0.4, 0.5) is 14.6 Å². The molecule has 0 radical (unpaired) electrons. The fourth-order valence-electron chi connectivity index (χ4n) is 2.18. The Morgan fingerprint density at radius 2 is 2.16 bits per heavy atom. The summed E-state index contributed by atoms with van der Waals surface area (Å²) in [4.78, 5) is 39.6. The Morgan fingerprint density at radius 1 is 1.44 bits per heavy atom. The Kier molecular flexibility index (Phi) is 5.80. The Labute approximate surface area is 140 Å². The van der Waals surface area contributed by atoms with Crippen molar-refractivity contribution in [2.75, 3.05) is 18.1 Å². The largest absolute Gasteiger partial charge is 0.478 e. The second-order valence-corrected chi connectivity index (χ2v) is 4.86. The van der Waals surface area contributed by atoms with Gasteiger partial charge in [-0.3, -0.25) is 14.5 Å². The fourth-order valence-corrected chi connectivity index (χ4v) is 2.18. The van der Waals surface area contributed by atoms with E-state index in [1.807, 2.05) is 0 Å². The van der Waals surface area contributed by atoms with Gasteiger partial charge in [-0.2, -0.15) is 13.8 Å². The molecule has 1 saturated heterocycles. The van der Waals surface area contributed by atoms with E-state index in [4.69, 9.17) is 9.84 Å². The van der Waals surface area contributed by atoms with E-state index >= 15 is 0 Å². The molecule has 1 fully saturated rings. The first-order chi connectivity index (χ1) is 11.8. The molecule has 1 amide bonds. The standard InChI is InChI=1S/C14H14F2N2O7/c1-7(19)24-11(13(21)22)10-12(20)18(5-6-23-10)8-3-2-4-9(17-8)25-14(15)16/h2-4,10-11,14H,5-6H2,1H3,(H,21,22). The highest BCUT2D eigenvalue weighted by molar-refractivity contribution is 6.00. The molecule has 0 saturated carbocycles. The molecule has 0 aromatic carbocycles. The van der Waals surface area contributed by atoms with Crippen molar-refractivity contribution in [3.8, 4) is 5.88 Å². The number of carbonyl (C=O) groups is 3. The van der Waals surface area contributed by atoms with Crippen molar-refractivity contribution in [1.82, 2.24) is 4.98 Å². The van der Waals surface area contributed by atoms with Gasteiger partial charge in [-0.25, -0.2) is 4.79 Å². The Morgan fingerprint density at radius 3 is 2.76 bits per heavy atom. The molecule has 136 valence electrons. The maximum absolute atomic E-state index is 12.5. The van der Waals surface area contributed by atoms with Crippen LogP contribution in [0.15, 0.2) is 18.2 Å². The monoisotopic (exact) mass is 360 g/mol. The summed E-state index contributed by atoms with van der Waals surface area (Å²) in [5.41, 5.74) is 0. The number of halogens is 2. The molecule has 2 atom stereocenters. The fraction of sp³-hybridized carbons (Fsp3) is 0.429. The van der Waals surface area contributed by atoms with Gasteiger partial charge in [-0.1, -0.05) is 6.07 Å². The number of nitrogens with zero attached hydrogens (tertiary/aromatic N) is 2. The lowest BCUT2D eigenvalue weighted by Gasteiger charge is -2.33. The zero-order valence-corrected chi connectivity index (χ0v) is 12.9. The summed E-state index contributed by atoms with van der Waals surface area (Å²) in [6.07, 6.45) is -3.43. The molecule has 11 heteroatoms. The van der Waals surface area contributed by atoms with Crippen molar-refractivity contribution in [2.45, 2.75) is 25.7 Å². The third kappa shape index (κ3) is 4.59. The smallest absolute Gasteiger partial charge is 0.388 e. The first-order valence-electron chi connectivity index (χ1n) is 7.04. The summed E-state index contributed by atoms with van der Waals surface area (Å²) >= 11 is 0. The number of hydrogen-bond donors (Lipinski definition) is 1. The highest BCUT2D eigenvalue weighted by atomic mass is 19.3. The van der Waals surface area contributed by atoms with E-state index in [1.165, 1.54) is 18.2 Å². The van der Waals surface area contributed by atoms with Gasteiger partial charge < -0.3 is 19.3 Å². The molecular formula is C14H14F2N2O7. The van der Waals surface area contributed by atoms with Crippen LogP contribution in [0.25, 0.3) is 0 Å². The molecule has 0 spiro atoms. The molecule has 1 aromatic heterocycles. The minimum absolute atomic E-state index is 0.00682. The minimum atomic E-state index is -3.09. The topological polar surface area (TPSA) is 115 Å². The summed E-state index contributed by atoms with van der Waals surface area (Å²) in [7, 11) is 0. The number of rotatable bonds is 6. The van der Waals surface area contributed by atoms with Crippen LogP contribution < -0.4 is 9.64 Å². The molecule has 0 bridgehead atoms. The number of aliphatic carboxylic acids is 1. The van der Waals surface area contributed by atoms with Crippen LogP contribution >= 0.6 is 0 Å². The van der Waals surface area contributed by atoms with Crippen molar-refractivity contribution in [3.05, 3.63) is 18.2 Å². The summed E-state index contributed by atoms with van der Waals surface area (Å²) in [5.74, 6) is -3.72. The third-order valence-corrected chi connectivity index (χ3v) is 3.13. The molecular weight excluding hydrogens is 346 g/mol. The van der Waals surface area contributed by atoms with E-state index < -0.39 is 42.5 Å². The van der Waals surface area contributed by atoms with Crippen molar-refractivity contribution < 1.29 is 42.5 Å². The molecule has 9 nitrogen and oxygen atoms in total. The predicted molar refractivity (Wildman–Crippen MR) is 76.2 cm³/mol. The average Bonchev–Trinajstić information content (AvgIpc) is 2.52. The summed E-state index contributed by atoms with van der Waals surface area (Å²) in [6.45, 7) is -2.15. The molecule has 25 heavy (non-hydrogen) atoms. The highest BCUT2D eigenvalue weighted by Gasteiger charge is 2.43. The van der Waals surface area contributed by atoms with E-state index in [2.05, 4.69) is 14.5 Å². The van der Waals surface area contributed by atoms with E-state index in [0.717, 1.165) is 11.8 Å². The zero-order chi connectivity index (χ0) is 18.6. The first kappa shape index (κ1) is 18.5. The average molecular weight is 360 g/mol. The maximum atomic E-state index is 12.5. The molecule has 2 heterocycles. The predicted octanol–water partition coefficient (Wildman–Crippen LogP) is 0.431. The minimum Gasteiger partial charge on any atom is -0.478 e. The Balaban J connectivity index is 2.24. The summed E-state index contributed by atoms with van der Waals surface area (Å²) < 4.78 is 38.5. The van der Waals surface area contributed by atoms with Crippen LogP contribution in [-0.4, -0.2) is 59.9 Å². The number of alkyl halides is 2. The summed E-state index contributed by atoms with van der Waals surface area (Å²) in [5, 5.41) is 9.15. The number of morpholine rings is 1. The number of esters is 1. The number of carboxylic acids is 1. The highest BCUT2D eigenvalue weighted by Crippen LogP contribution is 2.22. The third-order valence-electron chi connectivity index (χ3n) is 3.13. The van der Waals surface area contributed by atoms with Gasteiger partial charge in [0.25, 0.3) is 5.91 Å². The second kappa shape index (κ2) is 7.83. The van der Waals surface area contributed by atoms with Crippen LogP contribution in [0.2, 0.25) is 0 Å². The number of hydrogen-bond acceptors (Lipinski definition) is 7. The van der Waals surface area contributed by atoms with Crippen LogP contribution in [0, 0.1) is 0 Å². The van der Waals surface area contributed by atoms with Crippen molar-refractivity contribution in [1.29, 1.82) is 0 Å². The van der Waals surface area contributed by atoms with Crippen molar-refractivity contribution in [3.63, 3.8) is 0 Å². The molecule has 1 aromatic rings. The number of carboxylic acid groups (broad SMARTS) is 1. The molecule has 1 aliphatic rings. The second-order valence-electron chi connectivity index (χ2n) is 4.86. The number of ether oxygens (including phenoxy) is 3. The van der Waals surface area contributed by atoms with E-state index in [9.17, 15) is 23.2 Å². The van der Waals surface area contributed by atoms with E-state index in [-0.39, 0.29) is 19.0 Å². The Bertz CT molecular complexity index is 670. The molecule has 2 unspecified atom stereocenters. The van der Waals surface area contributed by atoms with Gasteiger partial charge in [0.15, 0.2) is 6.10 Å². The summed E-state index contributed by atoms with van der Waals surface area (Å²) in [6, 6.07) is 3.88. The molecule has 1 aliphatic heterocycles. The zero-order valence-electron chi connectivity index (χ0n) is 12.9. The van der Waals surface area contributed by atoms with Crippen LogP contribution in [0.3, 0.4) is 0 Å². The lowest BCUT2D eigenvalue weighted by Crippen LogP contribution is -2.55. The number of pyridine rings is 1. The van der Waals surface area contributed by atoms with Gasteiger partial charge in [0.2, 0.25) is 12.0 Å². The molecule has 0 aliphatic carbocycles. The SMILES string of the molecule is CC(=O)OC(C(=O)O)C1OCCN(c2cccc(OC(F)F)n2)C1=O. The Hall–Kier alpha value is -2.82. The van der Waals surface area contributed by atoms with Crippen molar-refractivity contribution >= 4 is 23.7 Å². The van der Waals surface area contributed by atoms with Gasteiger partial charge in [-0.15, -0.1) is 0 Å². The number of amides is 1. The number of anilines is 1. The van der Waals surface area contributed by atoms with Gasteiger partial charge in [-0.05, 0) is 6.07 Å². The number of carbonyl (C=O) groups excluding carboxylic acids is 2. The molecule has 1 N–H and O–H groups in total. The van der Waals surface area contributed by atoms with Crippen LogP contribution in [0.1, 0.15) is 6.92 Å². The lowest BCUT2D eigenvalue weighted by atomic mass is 10.1. The quantitative estimate of drug-likeness (QED) is 0.726. The molecule has 2 rings (SSSR count). The first-order valence-corrected chi connectivity index (χ1v) is 7.04. The van der Waals surface area contributed by atoms with E-state index in [0.29, 0.717) is 0 Å². The van der Waals surface area contributed by atoms with Gasteiger partial charge in [0.05, 0.1) is 13.2 Å². The number of aromatic nitrogens is 1. The van der Waals surface area contributed by atoms with Gasteiger partial charge >= 0.3 is 18.6 Å². The van der Waals surface area contributed by atoms with Gasteiger partial charge in [0.1, 0.15) is 5.82 Å².